The van der Waals surface area contributed by atoms with Gasteiger partial charge >= 0.3 is 0 Å². The lowest BCUT2D eigenvalue weighted by atomic mass is 10.00. The van der Waals surface area contributed by atoms with Crippen LogP contribution >= 0.6 is 8.03 Å². The van der Waals surface area contributed by atoms with Gasteiger partial charge in [-0.05, 0) is 31.4 Å². The Kier molecular flexibility index (Phi) is 5.59. The van der Waals surface area contributed by atoms with Gasteiger partial charge in [-0.25, -0.2) is 4.57 Å². The first-order chi connectivity index (χ1) is 10.5. The molecule has 0 bridgehead atoms. The van der Waals surface area contributed by atoms with Gasteiger partial charge in [0.25, 0.3) is 13.6 Å². The Morgan fingerprint density at radius 1 is 1.14 bits per heavy atom. The smallest absolute Gasteiger partial charge is 0.289 e. The van der Waals surface area contributed by atoms with Crippen LogP contribution in [0.5, 0.6) is 0 Å². The van der Waals surface area contributed by atoms with Crippen molar-refractivity contribution in [3.05, 3.63) is 70.8 Å². The van der Waals surface area contributed by atoms with Crippen LogP contribution in [0.1, 0.15) is 46.5 Å². The predicted molar refractivity (Wildman–Crippen MR) is 88.4 cm³/mol. The van der Waals surface area contributed by atoms with E-state index in [1.54, 1.807) is 24.3 Å². The molecule has 2 aromatic rings. The number of aryl methyl sites for hydroxylation is 2. The zero-order chi connectivity index (χ0) is 16.1. The van der Waals surface area contributed by atoms with Crippen molar-refractivity contribution in [1.29, 1.82) is 0 Å². The summed E-state index contributed by atoms with van der Waals surface area (Å²) >= 11 is 0. The van der Waals surface area contributed by atoms with Crippen molar-refractivity contribution in [2.24, 2.45) is 0 Å². The molecule has 0 heterocycles. The number of carbonyl (C=O) groups excluding carboxylic acids is 1. The second-order valence-electron chi connectivity index (χ2n) is 5.29. The van der Waals surface area contributed by atoms with Gasteiger partial charge in [-0.3, -0.25) is 9.32 Å². The summed E-state index contributed by atoms with van der Waals surface area (Å²) in [6, 6.07) is 14.7. The SMILES string of the molecule is CCC(O[P](=O)C(=O)c1ccccc1)c1ccc(C)cc1C. The topological polar surface area (TPSA) is 43.4 Å². The van der Waals surface area contributed by atoms with Gasteiger partial charge in [-0.1, -0.05) is 61.0 Å². The lowest BCUT2D eigenvalue weighted by Gasteiger charge is -2.17. The van der Waals surface area contributed by atoms with Crippen molar-refractivity contribution in [2.75, 3.05) is 0 Å². The molecule has 0 aromatic heterocycles. The van der Waals surface area contributed by atoms with Gasteiger partial charge in [0, 0.05) is 5.56 Å². The molecule has 0 aliphatic rings. The third-order valence-corrected chi connectivity index (χ3v) is 4.59. The van der Waals surface area contributed by atoms with Crippen molar-refractivity contribution in [2.45, 2.75) is 33.3 Å². The Morgan fingerprint density at radius 3 is 2.41 bits per heavy atom. The zero-order valence-electron chi connectivity index (χ0n) is 13.1. The number of hydrogen-bond donors (Lipinski definition) is 0. The van der Waals surface area contributed by atoms with Crippen molar-refractivity contribution >= 4 is 13.6 Å². The van der Waals surface area contributed by atoms with Crippen molar-refractivity contribution < 1.29 is 13.9 Å². The molecule has 0 N–H and O–H groups in total. The number of rotatable bonds is 6. The average molecular weight is 315 g/mol. The van der Waals surface area contributed by atoms with E-state index in [9.17, 15) is 9.36 Å². The first kappa shape index (κ1) is 16.5. The van der Waals surface area contributed by atoms with Crippen LogP contribution in [-0.2, 0) is 9.09 Å². The van der Waals surface area contributed by atoms with Crippen molar-refractivity contribution in [3.63, 3.8) is 0 Å². The summed E-state index contributed by atoms with van der Waals surface area (Å²) in [5.41, 5.74) is 3.19. The van der Waals surface area contributed by atoms with Gasteiger partial charge < -0.3 is 0 Å². The summed E-state index contributed by atoms with van der Waals surface area (Å²) in [5.74, 6) is 0. The van der Waals surface area contributed by atoms with Crippen LogP contribution in [0.3, 0.4) is 0 Å². The summed E-state index contributed by atoms with van der Waals surface area (Å²) in [4.78, 5) is 12.2. The summed E-state index contributed by atoms with van der Waals surface area (Å²) in [5, 5.41) is 0. The molecule has 2 rings (SSSR count). The van der Waals surface area contributed by atoms with E-state index in [1.165, 1.54) is 5.56 Å². The van der Waals surface area contributed by atoms with Crippen LogP contribution in [0.2, 0.25) is 0 Å². The maximum Gasteiger partial charge on any atom is 0.289 e. The zero-order valence-corrected chi connectivity index (χ0v) is 14.0. The number of carbonyl (C=O) groups is 1. The molecule has 2 unspecified atom stereocenters. The Morgan fingerprint density at radius 2 is 1.82 bits per heavy atom. The fraction of sp³-hybridized carbons (Fsp3) is 0.278. The largest absolute Gasteiger partial charge is 0.290 e. The molecule has 115 valence electrons. The predicted octanol–water partition coefficient (Wildman–Crippen LogP) is 5.35. The van der Waals surface area contributed by atoms with E-state index in [0.29, 0.717) is 12.0 Å². The first-order valence-corrected chi connectivity index (χ1v) is 8.51. The average Bonchev–Trinajstić information content (AvgIpc) is 2.53. The Balaban J connectivity index is 2.16. The molecular weight excluding hydrogens is 295 g/mol. The van der Waals surface area contributed by atoms with Gasteiger partial charge in [-0.2, -0.15) is 0 Å². The standard InChI is InChI=1S/C18H20O3P/c1-4-17(16-11-10-13(2)12-14(16)3)21-22(20)18(19)15-8-6-5-7-9-15/h5-12,17H,4H2,1-3H3. The van der Waals surface area contributed by atoms with E-state index < -0.39 is 13.6 Å². The Hall–Kier alpha value is -1.83. The van der Waals surface area contributed by atoms with Crippen LogP contribution in [0.25, 0.3) is 0 Å². The second kappa shape index (κ2) is 7.44. The monoisotopic (exact) mass is 315 g/mol. The third-order valence-electron chi connectivity index (χ3n) is 3.55. The second-order valence-corrected chi connectivity index (χ2v) is 6.42. The minimum atomic E-state index is -2.40. The normalized spacial score (nSPS) is 12.8. The van der Waals surface area contributed by atoms with E-state index in [1.807, 2.05) is 39.0 Å². The molecular formula is C18H20O3P. The van der Waals surface area contributed by atoms with Gasteiger partial charge in [0.2, 0.25) is 0 Å². The molecule has 2 aromatic carbocycles. The summed E-state index contributed by atoms with van der Waals surface area (Å²) in [7, 11) is -2.40. The molecule has 0 fully saturated rings. The van der Waals surface area contributed by atoms with E-state index in [0.717, 1.165) is 11.1 Å². The molecule has 0 saturated carbocycles. The van der Waals surface area contributed by atoms with E-state index in [2.05, 4.69) is 6.07 Å². The lowest BCUT2D eigenvalue weighted by Crippen LogP contribution is -2.04. The molecule has 4 heteroatoms. The molecule has 0 spiro atoms. The number of benzene rings is 2. The van der Waals surface area contributed by atoms with Crippen LogP contribution < -0.4 is 0 Å². The Labute approximate surface area is 132 Å². The highest BCUT2D eigenvalue weighted by Gasteiger charge is 2.22. The maximum absolute atomic E-state index is 12.2. The van der Waals surface area contributed by atoms with Crippen molar-refractivity contribution in [3.8, 4) is 0 Å². The fourth-order valence-electron chi connectivity index (χ4n) is 2.39. The highest BCUT2D eigenvalue weighted by Crippen LogP contribution is 2.38. The van der Waals surface area contributed by atoms with Crippen LogP contribution in [0.15, 0.2) is 48.5 Å². The third kappa shape index (κ3) is 3.88. The van der Waals surface area contributed by atoms with E-state index in [4.69, 9.17) is 4.52 Å². The highest BCUT2D eigenvalue weighted by atomic mass is 31.1. The molecule has 3 nitrogen and oxygen atoms in total. The van der Waals surface area contributed by atoms with E-state index >= 15 is 0 Å². The summed E-state index contributed by atoms with van der Waals surface area (Å²) < 4.78 is 17.8. The molecule has 0 aliphatic heterocycles. The van der Waals surface area contributed by atoms with Gasteiger partial charge in [0.1, 0.15) is 0 Å². The summed E-state index contributed by atoms with van der Waals surface area (Å²) in [6.07, 6.45) is 0.324. The van der Waals surface area contributed by atoms with Gasteiger partial charge in [0.15, 0.2) is 0 Å². The minimum absolute atomic E-state index is 0.336. The minimum Gasteiger partial charge on any atom is -0.290 e. The van der Waals surface area contributed by atoms with Crippen LogP contribution in [0, 0.1) is 13.8 Å². The Bertz CT molecular complexity index is 680. The quantitative estimate of drug-likeness (QED) is 0.674. The molecule has 0 amide bonds. The molecule has 1 radical (unpaired) electrons. The lowest BCUT2D eigenvalue weighted by molar-refractivity contribution is 0.104. The maximum atomic E-state index is 12.2. The van der Waals surface area contributed by atoms with Gasteiger partial charge in [0.05, 0.1) is 6.10 Å². The first-order valence-electron chi connectivity index (χ1n) is 7.33. The van der Waals surface area contributed by atoms with Crippen LogP contribution in [0.4, 0.5) is 0 Å². The van der Waals surface area contributed by atoms with Gasteiger partial charge in [-0.15, -0.1) is 0 Å². The fourth-order valence-corrected chi connectivity index (χ4v) is 3.34. The molecule has 2 atom stereocenters. The summed E-state index contributed by atoms with van der Waals surface area (Å²) in [6.45, 7) is 5.98. The molecule has 22 heavy (non-hydrogen) atoms. The molecule has 0 saturated heterocycles. The van der Waals surface area contributed by atoms with E-state index in [-0.39, 0.29) is 6.10 Å². The van der Waals surface area contributed by atoms with Crippen LogP contribution in [-0.4, -0.2) is 5.52 Å². The molecule has 0 aliphatic carbocycles. The van der Waals surface area contributed by atoms with Crippen molar-refractivity contribution in [1.82, 2.24) is 0 Å². The highest BCUT2D eigenvalue weighted by molar-refractivity contribution is 7.60. The number of hydrogen-bond acceptors (Lipinski definition) is 3.